The lowest BCUT2D eigenvalue weighted by Gasteiger charge is -2.21. The number of rotatable bonds is 3. The van der Waals surface area contributed by atoms with Crippen LogP contribution in [0.3, 0.4) is 0 Å². The number of nitrogens with one attached hydrogen (secondary N) is 2. The lowest BCUT2D eigenvalue weighted by Crippen LogP contribution is -2.25. The minimum absolute atomic E-state index is 0.0679. The summed E-state index contributed by atoms with van der Waals surface area (Å²) >= 11 is 0. The number of nitrogens with zero attached hydrogens (tertiary/aromatic N) is 1. The van der Waals surface area contributed by atoms with Crippen LogP contribution in [0.5, 0.6) is 5.75 Å². The highest BCUT2D eigenvalue weighted by atomic mass is 16.5. The van der Waals surface area contributed by atoms with E-state index in [4.69, 9.17) is 4.74 Å². The van der Waals surface area contributed by atoms with Crippen molar-refractivity contribution in [3.05, 3.63) is 42.0 Å². The Morgan fingerprint density at radius 2 is 2.12 bits per heavy atom. The van der Waals surface area contributed by atoms with Crippen molar-refractivity contribution in [1.82, 2.24) is 0 Å². The monoisotopic (exact) mass is 337 g/mol. The zero-order valence-corrected chi connectivity index (χ0v) is 14.6. The normalized spacial score (nSPS) is 19.2. The number of carbonyl (C=O) groups is 1. The van der Waals surface area contributed by atoms with Crippen molar-refractivity contribution >= 4 is 28.7 Å². The number of carbonyl (C=O) groups excluding carboxylic acids is 1. The second-order valence-electron chi connectivity index (χ2n) is 7.01. The number of ether oxygens (including phenoxy) is 1. The topological polar surface area (TPSA) is 53.6 Å². The molecule has 25 heavy (non-hydrogen) atoms. The lowest BCUT2D eigenvalue weighted by molar-refractivity contribution is -0.118. The zero-order valence-electron chi connectivity index (χ0n) is 14.6. The number of fused-ring (bicyclic) bond motifs is 1. The second-order valence-corrected chi connectivity index (χ2v) is 7.01. The molecular weight excluding hydrogens is 314 g/mol. The van der Waals surface area contributed by atoms with Crippen LogP contribution in [0.15, 0.2) is 36.4 Å². The first-order valence-corrected chi connectivity index (χ1v) is 8.78. The van der Waals surface area contributed by atoms with Gasteiger partial charge in [0, 0.05) is 36.2 Å². The van der Waals surface area contributed by atoms with Gasteiger partial charge in [0.1, 0.15) is 5.75 Å². The van der Waals surface area contributed by atoms with E-state index >= 15 is 0 Å². The maximum Gasteiger partial charge on any atom is 0.262 e. The molecule has 1 unspecified atom stereocenters. The van der Waals surface area contributed by atoms with Crippen molar-refractivity contribution in [3.63, 3.8) is 0 Å². The van der Waals surface area contributed by atoms with Crippen molar-refractivity contribution in [1.29, 1.82) is 0 Å². The van der Waals surface area contributed by atoms with E-state index in [0.717, 1.165) is 36.1 Å². The number of hydrogen-bond donors (Lipinski definition) is 2. The van der Waals surface area contributed by atoms with Crippen LogP contribution in [0.4, 0.5) is 22.7 Å². The Morgan fingerprint density at radius 1 is 1.24 bits per heavy atom. The number of benzene rings is 2. The van der Waals surface area contributed by atoms with Gasteiger partial charge in [0.05, 0.1) is 5.69 Å². The van der Waals surface area contributed by atoms with Gasteiger partial charge >= 0.3 is 0 Å². The van der Waals surface area contributed by atoms with Crippen LogP contribution in [-0.4, -0.2) is 25.6 Å². The first-order valence-electron chi connectivity index (χ1n) is 8.78. The van der Waals surface area contributed by atoms with E-state index in [1.807, 2.05) is 18.2 Å². The smallest absolute Gasteiger partial charge is 0.262 e. The van der Waals surface area contributed by atoms with Crippen LogP contribution in [0.25, 0.3) is 0 Å². The molecule has 0 bridgehead atoms. The number of anilines is 4. The highest BCUT2D eigenvalue weighted by Gasteiger charge is 2.19. The van der Waals surface area contributed by atoms with E-state index in [1.165, 1.54) is 17.7 Å². The molecule has 4 rings (SSSR count). The fourth-order valence-electron chi connectivity index (χ4n) is 3.46. The van der Waals surface area contributed by atoms with Crippen LogP contribution in [0.1, 0.15) is 18.9 Å². The second kappa shape index (κ2) is 6.31. The van der Waals surface area contributed by atoms with E-state index in [0.29, 0.717) is 5.75 Å². The highest BCUT2D eigenvalue weighted by molar-refractivity contribution is 5.95. The van der Waals surface area contributed by atoms with Crippen LogP contribution >= 0.6 is 0 Å². The van der Waals surface area contributed by atoms with Crippen LogP contribution in [-0.2, 0) is 4.79 Å². The predicted molar refractivity (Wildman–Crippen MR) is 101 cm³/mol. The number of aryl methyl sites for hydroxylation is 1. The molecule has 0 spiro atoms. The minimum atomic E-state index is -0.115. The molecule has 0 radical (unpaired) electrons. The SMILES string of the molecule is Cc1cc(N2CCC(C)C2)ccc1Nc1ccc2c(c1)OCC(=O)N2. The molecule has 1 fully saturated rings. The number of amides is 1. The predicted octanol–water partition coefficient (Wildman–Crippen LogP) is 3.92. The van der Waals surface area contributed by atoms with Gasteiger partial charge in [-0.15, -0.1) is 0 Å². The molecule has 2 aliphatic rings. The molecule has 130 valence electrons. The van der Waals surface area contributed by atoms with Gasteiger partial charge in [-0.3, -0.25) is 4.79 Å². The summed E-state index contributed by atoms with van der Waals surface area (Å²) in [6.45, 7) is 6.78. The molecule has 0 aromatic heterocycles. The van der Waals surface area contributed by atoms with Crippen LogP contribution < -0.4 is 20.3 Å². The van der Waals surface area contributed by atoms with Crippen molar-refractivity contribution in [2.75, 3.05) is 35.2 Å². The highest BCUT2D eigenvalue weighted by Crippen LogP contribution is 2.33. The first kappa shape index (κ1) is 15.8. The quantitative estimate of drug-likeness (QED) is 0.891. The summed E-state index contributed by atoms with van der Waals surface area (Å²) < 4.78 is 5.48. The van der Waals surface area contributed by atoms with Crippen molar-refractivity contribution in [2.45, 2.75) is 20.3 Å². The van der Waals surface area contributed by atoms with E-state index in [9.17, 15) is 4.79 Å². The molecular formula is C20H23N3O2. The maximum atomic E-state index is 11.4. The minimum Gasteiger partial charge on any atom is -0.482 e. The van der Waals surface area contributed by atoms with Gasteiger partial charge in [0.15, 0.2) is 6.61 Å². The van der Waals surface area contributed by atoms with Gasteiger partial charge < -0.3 is 20.3 Å². The molecule has 0 saturated carbocycles. The summed E-state index contributed by atoms with van der Waals surface area (Å²) in [6, 6.07) is 12.3. The fraction of sp³-hybridized carbons (Fsp3) is 0.350. The van der Waals surface area contributed by atoms with Gasteiger partial charge in [-0.1, -0.05) is 6.92 Å². The zero-order chi connectivity index (χ0) is 17.4. The standard InChI is InChI=1S/C20H23N3O2/c1-13-7-8-23(11-13)16-4-6-17(14(2)9-16)21-15-3-5-18-19(10-15)25-12-20(24)22-18/h3-6,9-10,13,21H,7-8,11-12H2,1-2H3,(H,22,24). The molecule has 0 aliphatic carbocycles. The van der Waals surface area contributed by atoms with Gasteiger partial charge in [-0.25, -0.2) is 0 Å². The summed E-state index contributed by atoms with van der Waals surface area (Å²) in [4.78, 5) is 13.8. The third-order valence-electron chi connectivity index (χ3n) is 4.89. The van der Waals surface area contributed by atoms with Gasteiger partial charge in [-0.2, -0.15) is 0 Å². The Hall–Kier alpha value is -2.69. The molecule has 1 atom stereocenters. The summed E-state index contributed by atoms with van der Waals surface area (Å²) in [6.07, 6.45) is 1.27. The van der Waals surface area contributed by atoms with Crippen LogP contribution in [0, 0.1) is 12.8 Å². The molecule has 2 heterocycles. The molecule has 5 heteroatoms. The van der Waals surface area contributed by atoms with Gasteiger partial charge in [0.25, 0.3) is 5.91 Å². The average molecular weight is 337 g/mol. The lowest BCUT2D eigenvalue weighted by atomic mass is 10.1. The Morgan fingerprint density at radius 3 is 2.88 bits per heavy atom. The largest absolute Gasteiger partial charge is 0.482 e. The van der Waals surface area contributed by atoms with Crippen LogP contribution in [0.2, 0.25) is 0 Å². The Balaban J connectivity index is 1.52. The summed E-state index contributed by atoms with van der Waals surface area (Å²) in [7, 11) is 0. The van der Waals surface area contributed by atoms with E-state index in [2.05, 4.69) is 47.6 Å². The van der Waals surface area contributed by atoms with Crippen molar-refractivity contribution in [2.24, 2.45) is 5.92 Å². The maximum absolute atomic E-state index is 11.4. The third kappa shape index (κ3) is 3.27. The molecule has 2 aliphatic heterocycles. The van der Waals surface area contributed by atoms with E-state index in [1.54, 1.807) is 0 Å². The Kier molecular flexibility index (Phi) is 3.99. The summed E-state index contributed by atoms with van der Waals surface area (Å²) in [5, 5.41) is 6.26. The Labute approximate surface area is 148 Å². The Bertz CT molecular complexity index is 819. The van der Waals surface area contributed by atoms with Gasteiger partial charge in [0.2, 0.25) is 0 Å². The first-order chi connectivity index (χ1) is 12.1. The number of hydrogen-bond acceptors (Lipinski definition) is 4. The van der Waals surface area contributed by atoms with Crippen molar-refractivity contribution < 1.29 is 9.53 Å². The van der Waals surface area contributed by atoms with E-state index < -0.39 is 0 Å². The molecule has 2 aromatic carbocycles. The van der Waals surface area contributed by atoms with E-state index in [-0.39, 0.29) is 12.5 Å². The molecule has 1 amide bonds. The third-order valence-corrected chi connectivity index (χ3v) is 4.89. The molecule has 5 nitrogen and oxygen atoms in total. The summed E-state index contributed by atoms with van der Waals surface area (Å²) in [5.41, 5.74) is 5.25. The van der Waals surface area contributed by atoms with Crippen molar-refractivity contribution in [3.8, 4) is 5.75 Å². The fourth-order valence-corrected chi connectivity index (χ4v) is 3.46. The molecule has 1 saturated heterocycles. The van der Waals surface area contributed by atoms with Gasteiger partial charge in [-0.05, 0) is 55.2 Å². The average Bonchev–Trinajstić information content (AvgIpc) is 3.03. The summed E-state index contributed by atoms with van der Waals surface area (Å²) in [5.74, 6) is 1.36. The molecule has 2 aromatic rings. The molecule has 2 N–H and O–H groups in total.